The van der Waals surface area contributed by atoms with Gasteiger partial charge in [-0.1, -0.05) is 35.9 Å². The van der Waals surface area contributed by atoms with Gasteiger partial charge in [0, 0.05) is 6.04 Å². The van der Waals surface area contributed by atoms with Crippen LogP contribution < -0.4 is 10.9 Å². The van der Waals surface area contributed by atoms with Crippen LogP contribution in [-0.2, 0) is 6.54 Å². The SMILES string of the molecule is Cc1ccccc1C(C)Nc1cnn(CCO)c(=O)c1Cl. The monoisotopic (exact) mass is 307 g/mol. The molecule has 0 amide bonds. The molecule has 0 fully saturated rings. The fourth-order valence-electron chi connectivity index (χ4n) is 2.20. The van der Waals surface area contributed by atoms with Crippen molar-refractivity contribution in [2.45, 2.75) is 26.4 Å². The quantitative estimate of drug-likeness (QED) is 0.890. The Morgan fingerprint density at radius 1 is 1.43 bits per heavy atom. The van der Waals surface area contributed by atoms with E-state index in [0.717, 1.165) is 15.8 Å². The average Bonchev–Trinajstić information content (AvgIpc) is 2.47. The molecule has 1 aromatic carbocycles. The van der Waals surface area contributed by atoms with Gasteiger partial charge in [0.05, 0.1) is 25.0 Å². The summed E-state index contributed by atoms with van der Waals surface area (Å²) in [6.45, 7) is 4.01. The van der Waals surface area contributed by atoms with Crippen molar-refractivity contribution >= 4 is 17.3 Å². The van der Waals surface area contributed by atoms with E-state index in [0.29, 0.717) is 5.69 Å². The lowest BCUT2D eigenvalue weighted by Gasteiger charge is -2.18. The lowest BCUT2D eigenvalue weighted by molar-refractivity contribution is 0.266. The highest BCUT2D eigenvalue weighted by Crippen LogP contribution is 2.24. The van der Waals surface area contributed by atoms with Crippen LogP contribution in [0.3, 0.4) is 0 Å². The third kappa shape index (κ3) is 3.43. The summed E-state index contributed by atoms with van der Waals surface area (Å²) in [6.07, 6.45) is 1.51. The Labute approximate surface area is 128 Å². The number of aryl methyl sites for hydroxylation is 1. The van der Waals surface area contributed by atoms with Crippen LogP contribution in [0.4, 0.5) is 5.69 Å². The normalized spacial score (nSPS) is 12.2. The van der Waals surface area contributed by atoms with E-state index in [1.54, 1.807) is 0 Å². The molecule has 5 nitrogen and oxygen atoms in total. The van der Waals surface area contributed by atoms with Gasteiger partial charge in [0.25, 0.3) is 5.56 Å². The predicted molar refractivity (Wildman–Crippen MR) is 83.8 cm³/mol. The largest absolute Gasteiger partial charge is 0.394 e. The summed E-state index contributed by atoms with van der Waals surface area (Å²) >= 11 is 6.09. The van der Waals surface area contributed by atoms with E-state index in [4.69, 9.17) is 16.7 Å². The molecule has 0 bridgehead atoms. The number of aliphatic hydroxyl groups is 1. The Kier molecular flexibility index (Phi) is 4.98. The predicted octanol–water partition coefficient (Wildman–Crippen LogP) is 2.37. The van der Waals surface area contributed by atoms with Crippen molar-refractivity contribution in [3.05, 3.63) is 57.0 Å². The highest BCUT2D eigenvalue weighted by molar-refractivity contribution is 6.32. The molecule has 0 aliphatic carbocycles. The van der Waals surface area contributed by atoms with E-state index in [1.165, 1.54) is 6.20 Å². The lowest BCUT2D eigenvalue weighted by Crippen LogP contribution is -2.26. The van der Waals surface area contributed by atoms with Gasteiger partial charge in [-0.15, -0.1) is 0 Å². The first-order valence-corrected chi connectivity index (χ1v) is 7.11. The number of nitrogens with one attached hydrogen (secondary N) is 1. The fraction of sp³-hybridized carbons (Fsp3) is 0.333. The Balaban J connectivity index is 2.26. The molecule has 2 aromatic rings. The Hall–Kier alpha value is -1.85. The summed E-state index contributed by atoms with van der Waals surface area (Å²) in [6, 6.07) is 8.02. The molecule has 0 spiro atoms. The van der Waals surface area contributed by atoms with Crippen molar-refractivity contribution in [3.8, 4) is 0 Å². The van der Waals surface area contributed by atoms with Gasteiger partial charge in [0.15, 0.2) is 0 Å². The summed E-state index contributed by atoms with van der Waals surface area (Å²) in [4.78, 5) is 12.0. The molecule has 0 aliphatic rings. The van der Waals surface area contributed by atoms with Crippen molar-refractivity contribution in [2.75, 3.05) is 11.9 Å². The first kappa shape index (κ1) is 15.5. The third-order valence-corrected chi connectivity index (χ3v) is 3.69. The summed E-state index contributed by atoms with van der Waals surface area (Å²) < 4.78 is 1.14. The molecule has 21 heavy (non-hydrogen) atoms. The zero-order valence-electron chi connectivity index (χ0n) is 12.0. The van der Waals surface area contributed by atoms with E-state index in [9.17, 15) is 4.79 Å². The minimum Gasteiger partial charge on any atom is -0.394 e. The van der Waals surface area contributed by atoms with E-state index in [-0.39, 0.29) is 24.2 Å². The number of hydrogen-bond donors (Lipinski definition) is 2. The molecule has 0 saturated heterocycles. The van der Waals surface area contributed by atoms with E-state index in [2.05, 4.69) is 10.4 Å². The molecular formula is C15H18ClN3O2. The van der Waals surface area contributed by atoms with Gasteiger partial charge < -0.3 is 10.4 Å². The molecule has 0 aliphatic heterocycles. The zero-order valence-corrected chi connectivity index (χ0v) is 12.8. The number of aliphatic hydroxyl groups excluding tert-OH is 1. The maximum Gasteiger partial charge on any atom is 0.287 e. The maximum atomic E-state index is 12.0. The van der Waals surface area contributed by atoms with Gasteiger partial charge in [-0.25, -0.2) is 4.68 Å². The Morgan fingerprint density at radius 2 is 2.14 bits per heavy atom. The molecule has 0 saturated carbocycles. The number of aromatic nitrogens is 2. The van der Waals surface area contributed by atoms with Crippen molar-refractivity contribution in [1.82, 2.24) is 9.78 Å². The highest BCUT2D eigenvalue weighted by atomic mass is 35.5. The standard InChI is InChI=1S/C15H18ClN3O2/c1-10-5-3-4-6-12(10)11(2)18-13-9-17-19(7-8-20)15(21)14(13)16/h3-6,9,11,18,20H,7-8H2,1-2H3. The van der Waals surface area contributed by atoms with Gasteiger partial charge in [0.1, 0.15) is 5.02 Å². The molecular weight excluding hydrogens is 290 g/mol. The van der Waals surface area contributed by atoms with Gasteiger partial charge in [0.2, 0.25) is 0 Å². The van der Waals surface area contributed by atoms with Crippen LogP contribution >= 0.6 is 11.6 Å². The molecule has 0 radical (unpaired) electrons. The van der Waals surface area contributed by atoms with Crippen molar-refractivity contribution in [1.29, 1.82) is 0 Å². The van der Waals surface area contributed by atoms with Crippen molar-refractivity contribution in [2.24, 2.45) is 0 Å². The first-order chi connectivity index (χ1) is 10.0. The first-order valence-electron chi connectivity index (χ1n) is 6.73. The smallest absolute Gasteiger partial charge is 0.287 e. The summed E-state index contributed by atoms with van der Waals surface area (Å²) in [7, 11) is 0. The lowest BCUT2D eigenvalue weighted by atomic mass is 10.0. The second-order valence-corrected chi connectivity index (χ2v) is 5.22. The maximum absolute atomic E-state index is 12.0. The molecule has 1 unspecified atom stereocenters. The number of anilines is 1. The number of nitrogens with zero attached hydrogens (tertiary/aromatic N) is 2. The van der Waals surface area contributed by atoms with Gasteiger partial charge in [-0.3, -0.25) is 4.79 Å². The van der Waals surface area contributed by atoms with E-state index >= 15 is 0 Å². The number of hydrogen-bond acceptors (Lipinski definition) is 4. The van der Waals surface area contributed by atoms with Crippen LogP contribution in [0.5, 0.6) is 0 Å². The van der Waals surface area contributed by atoms with Crippen LogP contribution in [0, 0.1) is 6.92 Å². The minimum absolute atomic E-state index is 0.00130. The van der Waals surface area contributed by atoms with Crippen LogP contribution in [0.1, 0.15) is 24.1 Å². The van der Waals surface area contributed by atoms with E-state index < -0.39 is 5.56 Å². The summed E-state index contributed by atoms with van der Waals surface area (Å²) in [5.74, 6) is 0. The van der Waals surface area contributed by atoms with Gasteiger partial charge in [-0.05, 0) is 25.0 Å². The topological polar surface area (TPSA) is 67.2 Å². The third-order valence-electron chi connectivity index (χ3n) is 3.32. The van der Waals surface area contributed by atoms with Crippen molar-refractivity contribution in [3.63, 3.8) is 0 Å². The Morgan fingerprint density at radius 3 is 2.81 bits per heavy atom. The Bertz CT molecular complexity index is 685. The number of halogens is 1. The molecule has 1 atom stereocenters. The summed E-state index contributed by atoms with van der Waals surface area (Å²) in [5.41, 5.74) is 2.38. The molecule has 2 rings (SSSR count). The molecule has 112 valence electrons. The van der Waals surface area contributed by atoms with Gasteiger partial charge in [-0.2, -0.15) is 5.10 Å². The van der Waals surface area contributed by atoms with E-state index in [1.807, 2.05) is 38.1 Å². The fourth-order valence-corrected chi connectivity index (χ4v) is 2.40. The molecule has 1 heterocycles. The number of benzene rings is 1. The van der Waals surface area contributed by atoms with Crippen LogP contribution in [0.2, 0.25) is 5.02 Å². The van der Waals surface area contributed by atoms with Crippen LogP contribution in [0.15, 0.2) is 35.3 Å². The highest BCUT2D eigenvalue weighted by Gasteiger charge is 2.13. The van der Waals surface area contributed by atoms with Crippen LogP contribution in [-0.4, -0.2) is 21.5 Å². The van der Waals surface area contributed by atoms with Gasteiger partial charge >= 0.3 is 0 Å². The second-order valence-electron chi connectivity index (χ2n) is 4.85. The minimum atomic E-state index is -0.410. The second kappa shape index (κ2) is 6.74. The van der Waals surface area contributed by atoms with Crippen molar-refractivity contribution < 1.29 is 5.11 Å². The zero-order chi connectivity index (χ0) is 15.4. The number of rotatable bonds is 5. The van der Waals surface area contributed by atoms with Crippen LogP contribution in [0.25, 0.3) is 0 Å². The summed E-state index contributed by atoms with van der Waals surface area (Å²) in [5, 5.41) is 16.2. The molecule has 6 heteroatoms. The average molecular weight is 308 g/mol. The molecule has 1 aromatic heterocycles. The molecule has 2 N–H and O–H groups in total.